The molecule has 1 aromatic carbocycles. The summed E-state index contributed by atoms with van der Waals surface area (Å²) in [6, 6.07) is 10.2. The Hall–Kier alpha value is -2.08. The van der Waals surface area contributed by atoms with Crippen molar-refractivity contribution >= 4 is 17.6 Å². The van der Waals surface area contributed by atoms with Gasteiger partial charge in [0, 0.05) is 44.3 Å². The number of hydrogen-bond acceptors (Lipinski definition) is 3. The monoisotopic (exact) mass is 400 g/mol. The molecule has 3 amide bonds. The highest BCUT2D eigenvalue weighted by Crippen LogP contribution is 2.22. The Morgan fingerprint density at radius 3 is 2.41 bits per heavy atom. The molecule has 2 aliphatic rings. The number of carbonyl (C=O) groups is 2. The fraction of sp³-hybridized carbons (Fsp3) is 0.652. The highest BCUT2D eigenvalue weighted by atomic mass is 16.2. The molecule has 0 spiro atoms. The lowest BCUT2D eigenvalue weighted by molar-refractivity contribution is -0.122. The molecular formula is C23H36N4O2. The second-order valence-electron chi connectivity index (χ2n) is 8.55. The zero-order valence-corrected chi connectivity index (χ0v) is 17.7. The van der Waals surface area contributed by atoms with Gasteiger partial charge in [0.25, 0.3) is 0 Å². The van der Waals surface area contributed by atoms with Crippen molar-refractivity contribution in [3.05, 3.63) is 30.3 Å². The van der Waals surface area contributed by atoms with Gasteiger partial charge in [-0.2, -0.15) is 0 Å². The van der Waals surface area contributed by atoms with Crippen LogP contribution in [0.1, 0.15) is 51.4 Å². The number of likely N-dealkylation sites (N-methyl/N-ethyl adjacent to an activating group) is 1. The maximum atomic E-state index is 12.4. The van der Waals surface area contributed by atoms with Crippen LogP contribution in [0.15, 0.2) is 30.3 Å². The standard InChI is InChI=1S/C23H36N4O2/c1-26(21-10-6-3-7-11-21)17-14-24-22(28)18-19-12-15-27(16-13-19)23(29)25-20-8-4-2-5-9-20/h2,4-5,8-9,19,21H,3,6-7,10-18H2,1H3,(H,24,28)(H,25,29). The molecule has 1 saturated carbocycles. The molecule has 0 atom stereocenters. The third-order valence-corrected chi connectivity index (χ3v) is 6.39. The minimum atomic E-state index is -0.0511. The van der Waals surface area contributed by atoms with Crippen LogP contribution in [0, 0.1) is 5.92 Å². The van der Waals surface area contributed by atoms with Crippen molar-refractivity contribution < 1.29 is 9.59 Å². The number of amides is 3. The quantitative estimate of drug-likeness (QED) is 0.733. The first kappa shape index (κ1) is 21.6. The van der Waals surface area contributed by atoms with Gasteiger partial charge >= 0.3 is 6.03 Å². The number of urea groups is 1. The fourth-order valence-electron chi connectivity index (χ4n) is 4.47. The predicted octanol–water partition coefficient (Wildman–Crippen LogP) is 3.70. The van der Waals surface area contributed by atoms with Crippen molar-refractivity contribution in [1.29, 1.82) is 0 Å². The normalized spacial score (nSPS) is 18.6. The van der Waals surface area contributed by atoms with E-state index in [1.165, 1.54) is 32.1 Å². The maximum absolute atomic E-state index is 12.4. The van der Waals surface area contributed by atoms with E-state index >= 15 is 0 Å². The summed E-state index contributed by atoms with van der Waals surface area (Å²) >= 11 is 0. The Labute approximate surface area is 175 Å². The summed E-state index contributed by atoms with van der Waals surface area (Å²) in [5.74, 6) is 0.515. The number of benzene rings is 1. The van der Waals surface area contributed by atoms with Crippen LogP contribution in [-0.2, 0) is 4.79 Å². The SMILES string of the molecule is CN(CCNC(=O)CC1CCN(C(=O)Nc2ccccc2)CC1)C1CCCCC1. The summed E-state index contributed by atoms with van der Waals surface area (Å²) in [7, 11) is 2.18. The first-order chi connectivity index (χ1) is 14.1. The Balaban J connectivity index is 1.29. The Morgan fingerprint density at radius 1 is 1.03 bits per heavy atom. The van der Waals surface area contributed by atoms with E-state index in [-0.39, 0.29) is 11.9 Å². The second-order valence-corrected chi connectivity index (χ2v) is 8.55. The van der Waals surface area contributed by atoms with Gasteiger partial charge in [0.15, 0.2) is 0 Å². The van der Waals surface area contributed by atoms with Crippen LogP contribution >= 0.6 is 0 Å². The van der Waals surface area contributed by atoms with Crippen molar-refractivity contribution in [1.82, 2.24) is 15.1 Å². The summed E-state index contributed by atoms with van der Waals surface area (Å²) in [6.45, 7) is 3.07. The summed E-state index contributed by atoms with van der Waals surface area (Å²) in [5.41, 5.74) is 0.817. The van der Waals surface area contributed by atoms with E-state index in [1.54, 1.807) is 0 Å². The Kier molecular flexibility index (Phi) is 8.35. The first-order valence-electron chi connectivity index (χ1n) is 11.2. The van der Waals surface area contributed by atoms with Gasteiger partial charge in [-0.25, -0.2) is 4.79 Å². The molecule has 6 nitrogen and oxygen atoms in total. The number of likely N-dealkylation sites (tertiary alicyclic amines) is 1. The maximum Gasteiger partial charge on any atom is 0.321 e. The second kappa shape index (κ2) is 11.2. The third-order valence-electron chi connectivity index (χ3n) is 6.39. The van der Waals surface area contributed by atoms with Crippen molar-refractivity contribution in [2.45, 2.75) is 57.4 Å². The molecule has 2 fully saturated rings. The molecule has 0 aromatic heterocycles. The molecule has 0 bridgehead atoms. The average molecular weight is 401 g/mol. The Bertz CT molecular complexity index is 638. The highest BCUT2D eigenvalue weighted by molar-refractivity contribution is 5.89. The molecule has 6 heteroatoms. The van der Waals surface area contributed by atoms with E-state index in [2.05, 4.69) is 22.6 Å². The number of anilines is 1. The highest BCUT2D eigenvalue weighted by Gasteiger charge is 2.24. The molecule has 0 radical (unpaired) electrons. The predicted molar refractivity (Wildman–Crippen MR) is 117 cm³/mol. The number of nitrogens with one attached hydrogen (secondary N) is 2. The van der Waals surface area contributed by atoms with Gasteiger partial charge in [0.1, 0.15) is 0 Å². The van der Waals surface area contributed by atoms with Gasteiger partial charge in [-0.1, -0.05) is 37.5 Å². The van der Waals surface area contributed by atoms with E-state index in [0.717, 1.165) is 31.6 Å². The van der Waals surface area contributed by atoms with Gasteiger partial charge in [-0.15, -0.1) is 0 Å². The van der Waals surface area contributed by atoms with Gasteiger partial charge < -0.3 is 20.4 Å². The molecule has 3 rings (SSSR count). The minimum absolute atomic E-state index is 0.0511. The van der Waals surface area contributed by atoms with E-state index in [1.807, 2.05) is 35.2 Å². The van der Waals surface area contributed by atoms with Gasteiger partial charge in [0.05, 0.1) is 0 Å². The zero-order valence-electron chi connectivity index (χ0n) is 17.7. The molecule has 1 aliphatic carbocycles. The molecule has 2 N–H and O–H groups in total. The number of nitrogens with zero attached hydrogens (tertiary/aromatic N) is 2. The third kappa shape index (κ3) is 7.03. The molecule has 1 saturated heterocycles. The van der Waals surface area contributed by atoms with E-state index < -0.39 is 0 Å². The molecule has 1 heterocycles. The molecule has 0 unspecified atom stereocenters. The lowest BCUT2D eigenvalue weighted by Crippen LogP contribution is -2.42. The fourth-order valence-corrected chi connectivity index (χ4v) is 4.47. The van der Waals surface area contributed by atoms with Gasteiger partial charge in [0.2, 0.25) is 5.91 Å². The lowest BCUT2D eigenvalue weighted by Gasteiger charge is -2.32. The zero-order chi connectivity index (χ0) is 20.5. The Morgan fingerprint density at radius 2 is 1.72 bits per heavy atom. The smallest absolute Gasteiger partial charge is 0.321 e. The number of para-hydroxylation sites is 1. The molecule has 160 valence electrons. The molecule has 1 aliphatic heterocycles. The van der Waals surface area contributed by atoms with Crippen LogP contribution < -0.4 is 10.6 Å². The molecular weight excluding hydrogens is 364 g/mol. The van der Waals surface area contributed by atoms with Crippen molar-refractivity contribution in [3.63, 3.8) is 0 Å². The number of piperidine rings is 1. The summed E-state index contributed by atoms with van der Waals surface area (Å²) in [4.78, 5) is 28.9. The van der Waals surface area contributed by atoms with Crippen LogP contribution in [0.3, 0.4) is 0 Å². The first-order valence-corrected chi connectivity index (χ1v) is 11.2. The van der Waals surface area contributed by atoms with Crippen molar-refractivity contribution in [3.8, 4) is 0 Å². The van der Waals surface area contributed by atoms with E-state index in [9.17, 15) is 9.59 Å². The van der Waals surface area contributed by atoms with E-state index in [4.69, 9.17) is 0 Å². The van der Waals surface area contributed by atoms with Crippen LogP contribution in [0.5, 0.6) is 0 Å². The number of carbonyl (C=O) groups excluding carboxylic acids is 2. The van der Waals surface area contributed by atoms with Gasteiger partial charge in [-0.05, 0) is 50.8 Å². The largest absolute Gasteiger partial charge is 0.355 e. The van der Waals surface area contributed by atoms with Crippen LogP contribution in [0.25, 0.3) is 0 Å². The van der Waals surface area contributed by atoms with Crippen LogP contribution in [0.4, 0.5) is 10.5 Å². The van der Waals surface area contributed by atoms with E-state index in [0.29, 0.717) is 31.5 Å². The molecule has 1 aromatic rings. The van der Waals surface area contributed by atoms with Crippen LogP contribution in [0.2, 0.25) is 0 Å². The molecule has 29 heavy (non-hydrogen) atoms. The average Bonchev–Trinajstić information content (AvgIpc) is 2.75. The summed E-state index contributed by atoms with van der Waals surface area (Å²) in [6.07, 6.45) is 8.97. The van der Waals surface area contributed by atoms with Crippen molar-refractivity contribution in [2.24, 2.45) is 5.92 Å². The van der Waals surface area contributed by atoms with Crippen molar-refractivity contribution in [2.75, 3.05) is 38.5 Å². The summed E-state index contributed by atoms with van der Waals surface area (Å²) in [5, 5.41) is 6.03. The number of hydrogen-bond donors (Lipinski definition) is 2. The number of rotatable bonds is 7. The van der Waals surface area contributed by atoms with Gasteiger partial charge in [-0.3, -0.25) is 4.79 Å². The summed E-state index contributed by atoms with van der Waals surface area (Å²) < 4.78 is 0. The minimum Gasteiger partial charge on any atom is -0.355 e. The lowest BCUT2D eigenvalue weighted by atomic mass is 9.93. The topological polar surface area (TPSA) is 64.7 Å². The van der Waals surface area contributed by atoms with Crippen LogP contribution in [-0.4, -0.2) is 61.0 Å².